The largest absolute Gasteiger partial charge is 0.380 e. The molecule has 0 aromatic heterocycles. The summed E-state index contributed by atoms with van der Waals surface area (Å²) < 4.78 is 0.649. The first-order valence-electron chi connectivity index (χ1n) is 7.62. The van der Waals surface area contributed by atoms with Gasteiger partial charge in [0.05, 0.1) is 4.92 Å². The molecule has 0 unspecified atom stereocenters. The molecule has 2 aromatic rings. The van der Waals surface area contributed by atoms with Crippen molar-refractivity contribution in [1.82, 2.24) is 0 Å². The predicted octanol–water partition coefficient (Wildman–Crippen LogP) is 4.10. The van der Waals surface area contributed by atoms with Crippen molar-refractivity contribution in [3.8, 4) is 0 Å². The summed E-state index contributed by atoms with van der Waals surface area (Å²) in [4.78, 5) is 23.9. The summed E-state index contributed by atoms with van der Waals surface area (Å²) in [5.41, 5.74) is 2.83. The summed E-state index contributed by atoms with van der Waals surface area (Å²) in [6.07, 6.45) is 1.54. The summed E-state index contributed by atoms with van der Waals surface area (Å²) in [7, 11) is 0. The first-order valence-corrected chi connectivity index (χ1v) is 8.41. The number of hydrogen-bond donors (Lipinski definition) is 1. The predicted molar refractivity (Wildman–Crippen MR) is 96.2 cm³/mol. The first-order chi connectivity index (χ1) is 11.5. The van der Waals surface area contributed by atoms with Gasteiger partial charge in [0, 0.05) is 47.5 Å². The molecule has 0 atom stereocenters. The minimum Gasteiger partial charge on any atom is -0.380 e. The molecule has 2 aromatic carbocycles. The number of carbonyl (C=O) groups excluding carboxylic acids is 1. The summed E-state index contributed by atoms with van der Waals surface area (Å²) in [6.45, 7) is 1.37. The molecule has 1 N–H and O–H groups in total. The van der Waals surface area contributed by atoms with Crippen LogP contribution >= 0.6 is 15.9 Å². The van der Waals surface area contributed by atoms with Crippen LogP contribution in [0.1, 0.15) is 18.4 Å². The van der Waals surface area contributed by atoms with Crippen molar-refractivity contribution in [3.63, 3.8) is 0 Å². The minimum absolute atomic E-state index is 0.0482. The second-order valence-corrected chi connectivity index (χ2v) is 6.44. The quantitative estimate of drug-likeness (QED) is 0.616. The van der Waals surface area contributed by atoms with Gasteiger partial charge in [-0.2, -0.15) is 0 Å². The van der Waals surface area contributed by atoms with Gasteiger partial charge in [0.15, 0.2) is 0 Å². The Morgan fingerprint density at radius 1 is 1.21 bits per heavy atom. The van der Waals surface area contributed by atoms with Crippen molar-refractivity contribution >= 4 is 38.9 Å². The molecule has 0 spiro atoms. The standard InChI is InChI=1S/C17H16BrN3O3/c18-15-10-14(21(23)24)7-8-16(15)19-11-12-3-5-13(6-4-12)20-9-1-2-17(20)22/h3-8,10,19H,1-2,9,11H2. The molecule has 1 heterocycles. The van der Waals surface area contributed by atoms with E-state index in [1.807, 2.05) is 29.2 Å². The van der Waals surface area contributed by atoms with Gasteiger partial charge in [0.1, 0.15) is 0 Å². The molecule has 1 fully saturated rings. The summed E-state index contributed by atoms with van der Waals surface area (Å²) >= 11 is 3.34. The van der Waals surface area contributed by atoms with Crippen LogP contribution in [0, 0.1) is 10.1 Å². The van der Waals surface area contributed by atoms with E-state index in [4.69, 9.17) is 0 Å². The van der Waals surface area contributed by atoms with Gasteiger partial charge in [0.2, 0.25) is 5.91 Å². The Morgan fingerprint density at radius 2 is 1.96 bits per heavy atom. The van der Waals surface area contributed by atoms with Gasteiger partial charge < -0.3 is 10.2 Å². The highest BCUT2D eigenvalue weighted by atomic mass is 79.9. The second kappa shape index (κ2) is 7.00. The van der Waals surface area contributed by atoms with E-state index in [9.17, 15) is 14.9 Å². The third kappa shape index (κ3) is 3.56. The van der Waals surface area contributed by atoms with Crippen LogP contribution in [0.4, 0.5) is 17.1 Å². The number of nitrogens with zero attached hydrogens (tertiary/aromatic N) is 2. The molecule has 6 nitrogen and oxygen atoms in total. The molecular formula is C17H16BrN3O3. The lowest BCUT2D eigenvalue weighted by atomic mass is 10.2. The number of non-ortho nitro benzene ring substituents is 1. The second-order valence-electron chi connectivity index (χ2n) is 5.59. The molecule has 1 saturated heterocycles. The summed E-state index contributed by atoms with van der Waals surface area (Å²) in [5, 5.41) is 14.0. The van der Waals surface area contributed by atoms with Gasteiger partial charge in [-0.3, -0.25) is 14.9 Å². The van der Waals surface area contributed by atoms with E-state index in [0.29, 0.717) is 17.4 Å². The number of halogens is 1. The van der Waals surface area contributed by atoms with Crippen molar-refractivity contribution in [1.29, 1.82) is 0 Å². The van der Waals surface area contributed by atoms with Crippen LogP contribution in [0.25, 0.3) is 0 Å². The third-order valence-corrected chi connectivity index (χ3v) is 4.62. The molecular weight excluding hydrogens is 374 g/mol. The smallest absolute Gasteiger partial charge is 0.270 e. The molecule has 1 aliphatic rings. The summed E-state index contributed by atoms with van der Waals surface area (Å²) in [5.74, 6) is 0.177. The highest BCUT2D eigenvalue weighted by Gasteiger charge is 2.21. The maximum atomic E-state index is 11.7. The van der Waals surface area contributed by atoms with Crippen LogP contribution in [-0.2, 0) is 11.3 Å². The molecule has 124 valence electrons. The SMILES string of the molecule is O=C1CCCN1c1ccc(CNc2ccc([N+](=O)[O-])cc2Br)cc1. The Bertz CT molecular complexity index is 777. The van der Waals surface area contributed by atoms with E-state index in [2.05, 4.69) is 21.2 Å². The van der Waals surface area contributed by atoms with Gasteiger partial charge in [-0.15, -0.1) is 0 Å². The van der Waals surface area contributed by atoms with E-state index < -0.39 is 4.92 Å². The molecule has 0 saturated carbocycles. The van der Waals surface area contributed by atoms with E-state index in [1.54, 1.807) is 6.07 Å². The topological polar surface area (TPSA) is 75.5 Å². The number of carbonyl (C=O) groups is 1. The normalized spacial score (nSPS) is 14.0. The van der Waals surface area contributed by atoms with Crippen LogP contribution in [0.5, 0.6) is 0 Å². The molecule has 24 heavy (non-hydrogen) atoms. The zero-order valence-corrected chi connectivity index (χ0v) is 14.5. The number of rotatable bonds is 5. The maximum absolute atomic E-state index is 11.7. The van der Waals surface area contributed by atoms with Crippen molar-refractivity contribution in [3.05, 3.63) is 62.6 Å². The average Bonchev–Trinajstić information content (AvgIpc) is 3.00. The van der Waals surface area contributed by atoms with Gasteiger partial charge in [0.25, 0.3) is 5.69 Å². The zero-order chi connectivity index (χ0) is 17.1. The molecule has 1 amide bonds. The van der Waals surface area contributed by atoms with Crippen molar-refractivity contribution in [2.75, 3.05) is 16.8 Å². The molecule has 3 rings (SSSR count). The van der Waals surface area contributed by atoms with Crippen molar-refractivity contribution < 1.29 is 9.72 Å². The molecule has 0 bridgehead atoms. The highest BCUT2D eigenvalue weighted by Crippen LogP contribution is 2.28. The Labute approximate surface area is 147 Å². The van der Waals surface area contributed by atoms with Gasteiger partial charge in [-0.25, -0.2) is 0 Å². The number of nitro benzene ring substituents is 1. The Morgan fingerprint density at radius 3 is 2.54 bits per heavy atom. The van der Waals surface area contributed by atoms with Crippen LogP contribution in [-0.4, -0.2) is 17.4 Å². The lowest BCUT2D eigenvalue weighted by Gasteiger charge is -2.16. The highest BCUT2D eigenvalue weighted by molar-refractivity contribution is 9.10. The van der Waals surface area contributed by atoms with Crippen LogP contribution < -0.4 is 10.2 Å². The summed E-state index contributed by atoms with van der Waals surface area (Å²) in [6, 6.07) is 12.5. The van der Waals surface area contributed by atoms with Gasteiger partial charge in [-0.1, -0.05) is 12.1 Å². The van der Waals surface area contributed by atoms with Gasteiger partial charge in [-0.05, 0) is 46.1 Å². The molecule has 0 aliphatic carbocycles. The van der Waals surface area contributed by atoms with Crippen LogP contribution in [0.2, 0.25) is 0 Å². The van der Waals surface area contributed by atoms with Crippen molar-refractivity contribution in [2.45, 2.75) is 19.4 Å². The number of amides is 1. The third-order valence-electron chi connectivity index (χ3n) is 3.97. The fourth-order valence-corrected chi connectivity index (χ4v) is 3.18. The van der Waals surface area contributed by atoms with Crippen LogP contribution in [0.15, 0.2) is 46.9 Å². The maximum Gasteiger partial charge on any atom is 0.270 e. The monoisotopic (exact) mass is 389 g/mol. The number of hydrogen-bond acceptors (Lipinski definition) is 4. The number of nitrogens with one attached hydrogen (secondary N) is 1. The lowest BCUT2D eigenvalue weighted by molar-refractivity contribution is -0.384. The minimum atomic E-state index is -0.424. The zero-order valence-electron chi connectivity index (χ0n) is 12.9. The fraction of sp³-hybridized carbons (Fsp3) is 0.235. The van der Waals surface area contributed by atoms with E-state index in [-0.39, 0.29) is 11.6 Å². The molecule has 1 aliphatic heterocycles. The number of nitro groups is 1. The van der Waals surface area contributed by atoms with E-state index >= 15 is 0 Å². The van der Waals surface area contributed by atoms with Crippen LogP contribution in [0.3, 0.4) is 0 Å². The Kier molecular flexibility index (Phi) is 4.80. The Balaban J connectivity index is 1.64. The first kappa shape index (κ1) is 16.4. The number of anilines is 2. The lowest BCUT2D eigenvalue weighted by Crippen LogP contribution is -2.23. The molecule has 7 heteroatoms. The fourth-order valence-electron chi connectivity index (χ4n) is 2.67. The molecule has 0 radical (unpaired) electrons. The van der Waals surface area contributed by atoms with E-state index in [0.717, 1.165) is 29.9 Å². The van der Waals surface area contributed by atoms with E-state index in [1.165, 1.54) is 12.1 Å². The average molecular weight is 390 g/mol. The van der Waals surface area contributed by atoms with Crippen molar-refractivity contribution in [2.24, 2.45) is 0 Å². The number of benzene rings is 2. The Hall–Kier alpha value is -2.41. The van der Waals surface area contributed by atoms with Gasteiger partial charge >= 0.3 is 0 Å².